The molecular weight excluding hydrogens is 318 g/mol. The molecule has 5 nitrogen and oxygen atoms in total. The first-order valence-corrected chi connectivity index (χ1v) is 7.53. The van der Waals surface area contributed by atoms with E-state index in [9.17, 15) is 0 Å². The number of likely N-dealkylation sites (tertiary alicyclic amines) is 1. The van der Waals surface area contributed by atoms with Gasteiger partial charge in [0.25, 0.3) is 0 Å². The van der Waals surface area contributed by atoms with Gasteiger partial charge in [0.15, 0.2) is 0 Å². The van der Waals surface area contributed by atoms with E-state index in [0.29, 0.717) is 12.0 Å². The Morgan fingerprint density at radius 3 is 2.90 bits per heavy atom. The molecule has 1 fully saturated rings. The van der Waals surface area contributed by atoms with Crippen LogP contribution < -0.4 is 5.73 Å². The van der Waals surface area contributed by atoms with Crippen molar-refractivity contribution in [1.29, 1.82) is 0 Å². The third-order valence-corrected chi connectivity index (χ3v) is 4.63. The first-order valence-electron chi connectivity index (χ1n) is 6.73. The second-order valence-electron chi connectivity index (χ2n) is 5.34. The van der Waals surface area contributed by atoms with Crippen LogP contribution in [-0.4, -0.2) is 39.8 Å². The summed E-state index contributed by atoms with van der Waals surface area (Å²) in [5, 5.41) is 4.16. The molecule has 1 aliphatic rings. The van der Waals surface area contributed by atoms with E-state index in [1.54, 1.807) is 11.0 Å². The van der Waals surface area contributed by atoms with Crippen LogP contribution in [0.2, 0.25) is 0 Å². The Bertz CT molecular complexity index is 583. The van der Waals surface area contributed by atoms with Crippen molar-refractivity contribution in [3.8, 4) is 5.69 Å². The lowest BCUT2D eigenvalue weighted by atomic mass is 10.00. The first-order chi connectivity index (χ1) is 9.69. The molecule has 0 amide bonds. The summed E-state index contributed by atoms with van der Waals surface area (Å²) in [6.07, 6.45) is 4.37. The van der Waals surface area contributed by atoms with Crippen LogP contribution in [0.25, 0.3) is 5.69 Å². The molecule has 0 bridgehead atoms. The van der Waals surface area contributed by atoms with E-state index in [1.165, 1.54) is 11.9 Å². The number of aromatic nitrogens is 3. The van der Waals surface area contributed by atoms with Crippen LogP contribution in [0, 0.1) is 5.92 Å². The number of nitrogens with two attached hydrogens (primary N) is 1. The number of rotatable bonds is 3. The fourth-order valence-corrected chi connectivity index (χ4v) is 3.49. The van der Waals surface area contributed by atoms with Crippen LogP contribution in [0.4, 0.5) is 0 Å². The van der Waals surface area contributed by atoms with Crippen molar-refractivity contribution in [3.63, 3.8) is 0 Å². The van der Waals surface area contributed by atoms with Crippen LogP contribution in [0.15, 0.2) is 35.3 Å². The van der Waals surface area contributed by atoms with Crippen molar-refractivity contribution in [2.24, 2.45) is 11.7 Å². The van der Waals surface area contributed by atoms with Gasteiger partial charge < -0.3 is 5.73 Å². The van der Waals surface area contributed by atoms with Crippen molar-refractivity contribution >= 4 is 15.9 Å². The monoisotopic (exact) mass is 335 g/mol. The van der Waals surface area contributed by atoms with Gasteiger partial charge in [0.2, 0.25) is 0 Å². The Kier molecular flexibility index (Phi) is 3.87. The Morgan fingerprint density at radius 1 is 1.45 bits per heavy atom. The Labute approximate surface area is 126 Å². The molecule has 2 unspecified atom stereocenters. The average molecular weight is 336 g/mol. The quantitative estimate of drug-likeness (QED) is 0.931. The molecule has 2 N–H and O–H groups in total. The highest BCUT2D eigenvalue weighted by molar-refractivity contribution is 9.10. The van der Waals surface area contributed by atoms with Gasteiger partial charge in [-0.05, 0) is 59.6 Å². The predicted molar refractivity (Wildman–Crippen MR) is 81.6 cm³/mol. The van der Waals surface area contributed by atoms with Crippen molar-refractivity contribution in [2.45, 2.75) is 12.5 Å². The van der Waals surface area contributed by atoms with E-state index >= 15 is 0 Å². The zero-order valence-electron chi connectivity index (χ0n) is 11.4. The van der Waals surface area contributed by atoms with Crippen molar-refractivity contribution in [3.05, 3.63) is 40.9 Å². The summed E-state index contributed by atoms with van der Waals surface area (Å²) in [7, 11) is 2.17. The molecule has 2 atom stereocenters. The summed E-state index contributed by atoms with van der Waals surface area (Å²) in [6, 6.07) is 6.88. The highest BCUT2D eigenvalue weighted by atomic mass is 79.9. The van der Waals surface area contributed by atoms with Crippen molar-refractivity contribution in [2.75, 3.05) is 20.1 Å². The molecular formula is C14H18BrN5. The largest absolute Gasteiger partial charge is 0.330 e. The first kappa shape index (κ1) is 13.7. The van der Waals surface area contributed by atoms with Gasteiger partial charge >= 0.3 is 0 Å². The molecule has 0 saturated carbocycles. The topological polar surface area (TPSA) is 60.0 Å². The van der Waals surface area contributed by atoms with Crippen molar-refractivity contribution in [1.82, 2.24) is 19.7 Å². The molecule has 106 valence electrons. The number of nitrogens with zero attached hydrogens (tertiary/aromatic N) is 4. The molecule has 6 heteroatoms. The summed E-state index contributed by atoms with van der Waals surface area (Å²) >= 11 is 3.64. The number of benzene rings is 1. The van der Waals surface area contributed by atoms with E-state index in [2.05, 4.69) is 56.2 Å². The van der Waals surface area contributed by atoms with Crippen LogP contribution in [0.1, 0.15) is 18.0 Å². The molecule has 0 radical (unpaired) electrons. The van der Waals surface area contributed by atoms with E-state index in [4.69, 9.17) is 5.73 Å². The van der Waals surface area contributed by atoms with E-state index < -0.39 is 0 Å². The van der Waals surface area contributed by atoms with E-state index in [0.717, 1.165) is 29.7 Å². The summed E-state index contributed by atoms with van der Waals surface area (Å²) in [5.41, 5.74) is 8.12. The van der Waals surface area contributed by atoms with Crippen LogP contribution >= 0.6 is 15.9 Å². The molecule has 0 aliphatic carbocycles. The summed E-state index contributed by atoms with van der Waals surface area (Å²) in [5.74, 6) is 0.596. The SMILES string of the molecule is CN1CC(CN)CC1c1ccc(-n2cncn2)c(Br)c1. The number of hydrogen-bond acceptors (Lipinski definition) is 4. The second kappa shape index (κ2) is 5.63. The van der Waals surface area contributed by atoms with Crippen molar-refractivity contribution < 1.29 is 0 Å². The lowest BCUT2D eigenvalue weighted by Gasteiger charge is -2.20. The molecule has 1 aromatic heterocycles. The van der Waals surface area contributed by atoms with Gasteiger partial charge in [-0.25, -0.2) is 9.67 Å². The molecule has 2 heterocycles. The fourth-order valence-electron chi connectivity index (χ4n) is 2.91. The number of halogens is 1. The van der Waals surface area contributed by atoms with Gasteiger partial charge in [0.1, 0.15) is 12.7 Å². The van der Waals surface area contributed by atoms with Gasteiger partial charge in [-0.3, -0.25) is 4.90 Å². The molecule has 3 rings (SSSR count). The van der Waals surface area contributed by atoms with Crippen LogP contribution in [-0.2, 0) is 0 Å². The van der Waals surface area contributed by atoms with Crippen LogP contribution in [0.3, 0.4) is 0 Å². The zero-order chi connectivity index (χ0) is 14.1. The Balaban J connectivity index is 1.88. The smallest absolute Gasteiger partial charge is 0.138 e. The molecule has 1 aliphatic heterocycles. The molecule has 1 aromatic carbocycles. The summed E-state index contributed by atoms with van der Waals surface area (Å²) in [4.78, 5) is 6.36. The zero-order valence-corrected chi connectivity index (χ0v) is 13.0. The van der Waals surface area contributed by atoms with E-state index in [1.807, 2.05) is 0 Å². The normalized spacial score (nSPS) is 23.4. The molecule has 2 aromatic rings. The molecule has 0 spiro atoms. The average Bonchev–Trinajstić information content (AvgIpc) is 3.07. The Morgan fingerprint density at radius 2 is 2.30 bits per heavy atom. The van der Waals surface area contributed by atoms with Gasteiger partial charge in [0.05, 0.1) is 5.69 Å². The second-order valence-corrected chi connectivity index (χ2v) is 6.20. The summed E-state index contributed by atoms with van der Waals surface area (Å²) in [6.45, 7) is 1.84. The van der Waals surface area contributed by atoms with Gasteiger partial charge in [-0.15, -0.1) is 0 Å². The lowest BCUT2D eigenvalue weighted by molar-refractivity contribution is 0.313. The number of hydrogen-bond donors (Lipinski definition) is 1. The van der Waals surface area contributed by atoms with Crippen LogP contribution in [0.5, 0.6) is 0 Å². The standard InChI is InChI=1S/C14H18BrN5/c1-19-7-10(6-16)4-14(19)11-2-3-13(12(15)5-11)20-9-17-8-18-20/h2-3,5,8-10,14H,4,6-7,16H2,1H3. The third-order valence-electron chi connectivity index (χ3n) is 3.99. The maximum absolute atomic E-state index is 5.80. The van der Waals surface area contributed by atoms with Gasteiger partial charge in [-0.2, -0.15) is 5.10 Å². The van der Waals surface area contributed by atoms with Gasteiger partial charge in [-0.1, -0.05) is 6.07 Å². The maximum Gasteiger partial charge on any atom is 0.138 e. The lowest BCUT2D eigenvalue weighted by Crippen LogP contribution is -2.20. The minimum absolute atomic E-state index is 0.449. The minimum atomic E-state index is 0.449. The maximum atomic E-state index is 5.80. The molecule has 1 saturated heterocycles. The predicted octanol–water partition coefficient (Wildman–Crippen LogP) is 1.98. The fraction of sp³-hybridized carbons (Fsp3) is 0.429. The third kappa shape index (κ3) is 2.51. The minimum Gasteiger partial charge on any atom is -0.330 e. The highest BCUT2D eigenvalue weighted by Crippen LogP contribution is 2.35. The Hall–Kier alpha value is -1.24. The highest BCUT2D eigenvalue weighted by Gasteiger charge is 2.29. The molecule has 20 heavy (non-hydrogen) atoms. The van der Waals surface area contributed by atoms with E-state index in [-0.39, 0.29) is 0 Å². The van der Waals surface area contributed by atoms with Gasteiger partial charge in [0, 0.05) is 17.1 Å². The summed E-state index contributed by atoms with van der Waals surface area (Å²) < 4.78 is 2.79.